The summed E-state index contributed by atoms with van der Waals surface area (Å²) in [5.41, 5.74) is 4.61. The molecule has 0 unspecified atom stereocenters. The van der Waals surface area contributed by atoms with E-state index in [1.807, 2.05) is 31.2 Å². The highest BCUT2D eigenvalue weighted by Crippen LogP contribution is 2.31. The van der Waals surface area contributed by atoms with Gasteiger partial charge in [0.25, 0.3) is 0 Å². The van der Waals surface area contributed by atoms with Crippen LogP contribution in [0.3, 0.4) is 0 Å². The summed E-state index contributed by atoms with van der Waals surface area (Å²) in [6.45, 7) is 5.57. The number of carbonyl (C=O) groups is 2. The Labute approximate surface area is 206 Å². The molecule has 182 valence electrons. The summed E-state index contributed by atoms with van der Waals surface area (Å²) in [5, 5.41) is 5.74. The van der Waals surface area contributed by atoms with Crippen LogP contribution >= 0.6 is 0 Å². The minimum atomic E-state index is -3.93. The fourth-order valence-corrected chi connectivity index (χ4v) is 5.75. The first-order valence-electron chi connectivity index (χ1n) is 11.6. The third-order valence-electron chi connectivity index (χ3n) is 6.32. The first kappa shape index (κ1) is 24.6. The zero-order chi connectivity index (χ0) is 25.2. The van der Waals surface area contributed by atoms with E-state index >= 15 is 0 Å². The minimum Gasteiger partial charge on any atom is -0.326 e. The summed E-state index contributed by atoms with van der Waals surface area (Å²) in [4.78, 5) is 25.6. The zero-order valence-corrected chi connectivity index (χ0v) is 20.9. The topological polar surface area (TPSA) is 95.6 Å². The van der Waals surface area contributed by atoms with E-state index in [2.05, 4.69) is 10.6 Å². The van der Waals surface area contributed by atoms with Gasteiger partial charge in [0.05, 0.1) is 4.90 Å². The van der Waals surface area contributed by atoms with Crippen LogP contribution in [0.4, 0.5) is 11.4 Å². The fourth-order valence-electron chi connectivity index (χ4n) is 4.18. The summed E-state index contributed by atoms with van der Waals surface area (Å²) < 4.78 is 28.6. The van der Waals surface area contributed by atoms with Gasteiger partial charge in [-0.25, -0.2) is 8.42 Å². The Morgan fingerprint density at radius 3 is 2.17 bits per heavy atom. The van der Waals surface area contributed by atoms with Gasteiger partial charge in [-0.15, -0.1) is 0 Å². The second-order valence-corrected chi connectivity index (χ2v) is 10.6. The van der Waals surface area contributed by atoms with Crippen molar-refractivity contribution in [2.45, 2.75) is 51.1 Å². The molecule has 3 aromatic carbocycles. The maximum absolute atomic E-state index is 13.6. The second kappa shape index (κ2) is 10.0. The number of benzene rings is 3. The number of rotatable bonds is 6. The Kier molecular flexibility index (Phi) is 7.05. The van der Waals surface area contributed by atoms with E-state index in [1.54, 1.807) is 56.3 Å². The number of amides is 2. The van der Waals surface area contributed by atoms with E-state index in [-0.39, 0.29) is 23.8 Å². The monoisotopic (exact) mass is 491 g/mol. The highest BCUT2D eigenvalue weighted by Gasteiger charge is 2.39. The average Bonchev–Trinajstić information content (AvgIpc) is 2.85. The highest BCUT2D eigenvalue weighted by molar-refractivity contribution is 7.89. The Morgan fingerprint density at radius 2 is 1.51 bits per heavy atom. The molecule has 0 saturated carbocycles. The van der Waals surface area contributed by atoms with Crippen LogP contribution in [0.2, 0.25) is 0 Å². The average molecular weight is 492 g/mol. The molecule has 0 spiro atoms. The maximum Gasteiger partial charge on any atom is 0.244 e. The molecule has 4 rings (SSSR count). The first-order valence-corrected chi connectivity index (χ1v) is 13.0. The van der Waals surface area contributed by atoms with Gasteiger partial charge in [0.15, 0.2) is 0 Å². The minimum absolute atomic E-state index is 0.107. The van der Waals surface area contributed by atoms with Crippen LogP contribution in [-0.4, -0.2) is 30.6 Å². The third-order valence-corrected chi connectivity index (χ3v) is 8.19. The molecule has 0 bridgehead atoms. The lowest BCUT2D eigenvalue weighted by Gasteiger charge is -2.35. The number of anilines is 2. The Bertz CT molecular complexity index is 1370. The van der Waals surface area contributed by atoms with Crippen LogP contribution in [-0.2, 0) is 32.6 Å². The smallest absolute Gasteiger partial charge is 0.244 e. The summed E-state index contributed by atoms with van der Waals surface area (Å²) in [6.07, 6.45) is 0.599. The molecular formula is C27H29N3O4S. The summed E-state index contributed by atoms with van der Waals surface area (Å²) in [5.74, 6) is -0.548. The molecule has 35 heavy (non-hydrogen) atoms. The summed E-state index contributed by atoms with van der Waals surface area (Å²) >= 11 is 0. The number of nitrogens with zero attached hydrogens (tertiary/aromatic N) is 1. The number of hydrogen-bond acceptors (Lipinski definition) is 4. The number of nitrogens with one attached hydrogen (secondary N) is 2. The second-order valence-electron chi connectivity index (χ2n) is 8.72. The molecule has 1 aliphatic heterocycles. The van der Waals surface area contributed by atoms with Crippen LogP contribution in [0.25, 0.3) is 0 Å². The van der Waals surface area contributed by atoms with Crippen molar-refractivity contribution >= 4 is 33.2 Å². The third kappa shape index (κ3) is 5.13. The molecule has 1 heterocycles. The van der Waals surface area contributed by atoms with Crippen molar-refractivity contribution in [2.75, 3.05) is 10.6 Å². The van der Waals surface area contributed by atoms with Gasteiger partial charge in [0, 0.05) is 24.3 Å². The van der Waals surface area contributed by atoms with Crippen LogP contribution in [0, 0.1) is 13.8 Å². The van der Waals surface area contributed by atoms with Crippen LogP contribution in [0.1, 0.15) is 35.6 Å². The molecule has 1 atom stereocenters. The number of aryl methyl sites for hydroxylation is 1. The lowest BCUT2D eigenvalue weighted by Crippen LogP contribution is -2.50. The van der Waals surface area contributed by atoms with E-state index in [4.69, 9.17) is 0 Å². The zero-order valence-electron chi connectivity index (χ0n) is 20.0. The van der Waals surface area contributed by atoms with Crippen molar-refractivity contribution in [3.8, 4) is 0 Å². The molecule has 2 amide bonds. The fraction of sp³-hybridized carbons (Fsp3) is 0.259. The van der Waals surface area contributed by atoms with Crippen molar-refractivity contribution in [1.29, 1.82) is 0 Å². The van der Waals surface area contributed by atoms with Crippen molar-refractivity contribution in [3.05, 3.63) is 89.0 Å². The number of fused-ring (bicyclic) bond motifs is 1. The molecule has 2 N–H and O–H groups in total. The first-order chi connectivity index (χ1) is 16.7. The van der Waals surface area contributed by atoms with Crippen molar-refractivity contribution in [1.82, 2.24) is 4.31 Å². The lowest BCUT2D eigenvalue weighted by atomic mass is 9.95. The molecule has 0 aliphatic carbocycles. The number of sulfonamides is 1. The van der Waals surface area contributed by atoms with Crippen molar-refractivity contribution in [3.63, 3.8) is 0 Å². The predicted octanol–water partition coefficient (Wildman–Crippen LogP) is 4.41. The van der Waals surface area contributed by atoms with Gasteiger partial charge < -0.3 is 10.6 Å². The molecule has 8 heteroatoms. The normalized spacial score (nSPS) is 15.8. The van der Waals surface area contributed by atoms with E-state index in [1.165, 1.54) is 4.31 Å². The molecule has 0 saturated heterocycles. The Morgan fingerprint density at radius 1 is 0.886 bits per heavy atom. The SMILES string of the molecule is CCC(=O)Nc1cccc(NC(=O)[C@@H]2Cc3ccccc3CN2S(=O)(=O)c2ccc(C)cc2)c1C. The summed E-state index contributed by atoms with van der Waals surface area (Å²) in [6, 6.07) is 18.6. The Hall–Kier alpha value is -3.49. The molecule has 7 nitrogen and oxygen atoms in total. The van der Waals surface area contributed by atoms with Gasteiger partial charge in [-0.2, -0.15) is 4.31 Å². The quantitative estimate of drug-likeness (QED) is 0.534. The van der Waals surface area contributed by atoms with Gasteiger partial charge >= 0.3 is 0 Å². The molecule has 0 fully saturated rings. The molecule has 0 aromatic heterocycles. The van der Waals surface area contributed by atoms with Gasteiger partial charge in [0.1, 0.15) is 6.04 Å². The maximum atomic E-state index is 13.6. The van der Waals surface area contributed by atoms with Gasteiger partial charge in [-0.1, -0.05) is 55.0 Å². The molecular weight excluding hydrogens is 462 g/mol. The number of carbonyl (C=O) groups excluding carboxylic acids is 2. The summed E-state index contributed by atoms with van der Waals surface area (Å²) in [7, 11) is -3.93. The van der Waals surface area contributed by atoms with Crippen molar-refractivity contribution in [2.24, 2.45) is 0 Å². The van der Waals surface area contributed by atoms with Gasteiger partial charge in [-0.3, -0.25) is 9.59 Å². The van der Waals surface area contributed by atoms with Gasteiger partial charge in [-0.05, 0) is 61.2 Å². The number of hydrogen-bond donors (Lipinski definition) is 2. The molecule has 1 aliphatic rings. The highest BCUT2D eigenvalue weighted by atomic mass is 32.2. The standard InChI is InChI=1S/C27H29N3O4S/c1-4-26(31)28-23-10-7-11-24(19(23)3)29-27(32)25-16-20-8-5-6-9-21(20)17-30(25)35(33,34)22-14-12-18(2)13-15-22/h5-15,25H,4,16-17H2,1-3H3,(H,28,31)(H,29,32)/t25-/m0/s1. The molecule has 0 radical (unpaired) electrons. The van der Waals surface area contributed by atoms with E-state index < -0.39 is 22.0 Å². The lowest BCUT2D eigenvalue weighted by molar-refractivity contribution is -0.120. The van der Waals surface area contributed by atoms with Crippen LogP contribution in [0.15, 0.2) is 71.6 Å². The predicted molar refractivity (Wildman–Crippen MR) is 137 cm³/mol. The molecule has 3 aromatic rings. The van der Waals surface area contributed by atoms with Crippen molar-refractivity contribution < 1.29 is 18.0 Å². The van der Waals surface area contributed by atoms with Crippen LogP contribution in [0.5, 0.6) is 0 Å². The van der Waals surface area contributed by atoms with E-state index in [9.17, 15) is 18.0 Å². The largest absolute Gasteiger partial charge is 0.326 e. The Balaban J connectivity index is 1.68. The van der Waals surface area contributed by atoms with Crippen LogP contribution < -0.4 is 10.6 Å². The van der Waals surface area contributed by atoms with E-state index in [0.717, 1.165) is 16.7 Å². The van der Waals surface area contributed by atoms with Gasteiger partial charge in [0.2, 0.25) is 21.8 Å². The van der Waals surface area contributed by atoms with E-state index in [0.29, 0.717) is 23.4 Å².